The third-order valence-electron chi connectivity index (χ3n) is 3.55. The smallest absolute Gasteiger partial charge is 0.407 e. The minimum absolute atomic E-state index is 0.0798. The van der Waals surface area contributed by atoms with Crippen molar-refractivity contribution in [3.05, 3.63) is 28.8 Å². The van der Waals surface area contributed by atoms with Crippen LogP contribution in [0.25, 0.3) is 0 Å². The van der Waals surface area contributed by atoms with Crippen LogP contribution in [0.15, 0.2) is 18.2 Å². The number of carbonyl (C=O) groups excluding carboxylic acids is 2. The molecule has 7 nitrogen and oxygen atoms in total. The van der Waals surface area contributed by atoms with Crippen molar-refractivity contribution >= 4 is 23.6 Å². The second-order valence-corrected chi connectivity index (χ2v) is 7.59. The van der Waals surface area contributed by atoms with Crippen molar-refractivity contribution in [1.82, 2.24) is 5.32 Å². The van der Waals surface area contributed by atoms with Crippen LogP contribution in [-0.2, 0) is 16.0 Å². The number of halogens is 1. The van der Waals surface area contributed by atoms with Gasteiger partial charge in [-0.1, -0.05) is 23.7 Å². The molecule has 27 heavy (non-hydrogen) atoms. The molecule has 1 unspecified atom stereocenters. The average Bonchev–Trinajstić information content (AvgIpc) is 2.55. The van der Waals surface area contributed by atoms with Gasteiger partial charge in [-0.25, -0.2) is 4.79 Å². The van der Waals surface area contributed by atoms with Gasteiger partial charge in [0.05, 0.1) is 11.1 Å². The lowest BCUT2D eigenvalue weighted by atomic mass is 10.1. The first-order valence-electron chi connectivity index (χ1n) is 8.91. The Balaban J connectivity index is 2.75. The number of nitrogens with two attached hydrogens (primary N) is 1. The van der Waals surface area contributed by atoms with E-state index in [9.17, 15) is 9.59 Å². The van der Waals surface area contributed by atoms with Gasteiger partial charge in [0, 0.05) is 13.0 Å². The van der Waals surface area contributed by atoms with Crippen LogP contribution in [0.2, 0.25) is 5.02 Å². The fourth-order valence-electron chi connectivity index (χ4n) is 2.31. The fourth-order valence-corrected chi connectivity index (χ4v) is 2.58. The van der Waals surface area contributed by atoms with Gasteiger partial charge >= 0.3 is 6.09 Å². The van der Waals surface area contributed by atoms with Gasteiger partial charge in [0.1, 0.15) is 18.0 Å². The predicted octanol–water partition coefficient (Wildman–Crippen LogP) is 2.80. The molecule has 0 aliphatic carbocycles. The number of hydrogen-bond donors (Lipinski definition) is 3. The Morgan fingerprint density at radius 3 is 2.63 bits per heavy atom. The Labute approximate surface area is 165 Å². The number of nitrogens with one attached hydrogen (secondary N) is 1. The molecule has 0 aliphatic rings. The summed E-state index contributed by atoms with van der Waals surface area (Å²) in [6.45, 7) is 5.48. The van der Waals surface area contributed by atoms with E-state index in [1.807, 2.05) is 12.1 Å². The summed E-state index contributed by atoms with van der Waals surface area (Å²) in [7, 11) is 0. The molecule has 152 valence electrons. The Morgan fingerprint density at radius 1 is 1.33 bits per heavy atom. The molecule has 8 heteroatoms. The highest BCUT2D eigenvalue weighted by molar-refractivity contribution is 6.32. The standard InChI is InChI=1S/C19H29ClN2O5/c1-19(2,3)27-18(25)22-14(9-10-16(21)24)12-26-15-8-4-6-13(17(15)20)7-5-11-23/h4,6,8,14,23H,5,7,9-12H2,1-3H3,(H2,21,24)(H,22,25). The molecule has 1 aromatic rings. The van der Waals surface area contributed by atoms with E-state index in [1.54, 1.807) is 26.8 Å². The van der Waals surface area contributed by atoms with E-state index in [0.717, 1.165) is 5.56 Å². The number of carbonyl (C=O) groups is 2. The molecule has 1 rings (SSSR count). The van der Waals surface area contributed by atoms with Crippen molar-refractivity contribution in [2.75, 3.05) is 13.2 Å². The molecular weight excluding hydrogens is 372 g/mol. The SMILES string of the molecule is CC(C)(C)OC(=O)NC(CCC(N)=O)COc1cccc(CCCO)c1Cl. The second-order valence-electron chi connectivity index (χ2n) is 7.22. The van der Waals surface area contributed by atoms with Crippen LogP contribution in [0.3, 0.4) is 0 Å². The lowest BCUT2D eigenvalue weighted by Gasteiger charge is -2.24. The van der Waals surface area contributed by atoms with Crippen LogP contribution < -0.4 is 15.8 Å². The van der Waals surface area contributed by atoms with E-state index in [-0.39, 0.29) is 19.6 Å². The number of amides is 2. The Kier molecular flexibility index (Phi) is 9.38. The Morgan fingerprint density at radius 2 is 2.04 bits per heavy atom. The monoisotopic (exact) mass is 400 g/mol. The number of ether oxygens (including phenoxy) is 2. The molecule has 0 spiro atoms. The van der Waals surface area contributed by atoms with Gasteiger partial charge in [0.15, 0.2) is 0 Å². The summed E-state index contributed by atoms with van der Waals surface area (Å²) in [5.74, 6) is 0.0113. The van der Waals surface area contributed by atoms with E-state index >= 15 is 0 Å². The van der Waals surface area contributed by atoms with Gasteiger partial charge in [0.2, 0.25) is 5.91 Å². The molecule has 0 aliphatic heterocycles. The molecule has 0 fully saturated rings. The average molecular weight is 401 g/mol. The van der Waals surface area contributed by atoms with E-state index < -0.39 is 23.6 Å². The quantitative estimate of drug-likeness (QED) is 0.559. The summed E-state index contributed by atoms with van der Waals surface area (Å²) in [5, 5.41) is 12.1. The summed E-state index contributed by atoms with van der Waals surface area (Å²) < 4.78 is 11.0. The molecule has 0 bridgehead atoms. The van der Waals surface area contributed by atoms with Crippen molar-refractivity contribution < 1.29 is 24.2 Å². The fraction of sp³-hybridized carbons (Fsp3) is 0.579. The van der Waals surface area contributed by atoms with E-state index in [1.165, 1.54) is 0 Å². The Hall–Kier alpha value is -1.99. The maximum Gasteiger partial charge on any atom is 0.407 e. The number of hydrogen-bond acceptors (Lipinski definition) is 5. The lowest BCUT2D eigenvalue weighted by molar-refractivity contribution is -0.118. The molecule has 4 N–H and O–H groups in total. The first-order valence-corrected chi connectivity index (χ1v) is 9.29. The zero-order valence-electron chi connectivity index (χ0n) is 16.1. The number of aliphatic hydroxyl groups is 1. The zero-order valence-corrected chi connectivity index (χ0v) is 16.8. The number of rotatable bonds is 10. The number of alkyl carbamates (subject to hydrolysis) is 1. The maximum absolute atomic E-state index is 12.0. The van der Waals surface area contributed by atoms with Crippen LogP contribution in [0.5, 0.6) is 5.75 Å². The van der Waals surface area contributed by atoms with Crippen LogP contribution in [0.1, 0.15) is 45.6 Å². The molecule has 0 saturated carbocycles. The molecule has 1 atom stereocenters. The van der Waals surface area contributed by atoms with Gasteiger partial charge < -0.3 is 25.6 Å². The number of primary amides is 1. The summed E-state index contributed by atoms with van der Waals surface area (Å²) in [5.41, 5.74) is 5.44. The van der Waals surface area contributed by atoms with E-state index in [4.69, 9.17) is 31.9 Å². The normalized spacial score (nSPS) is 12.3. The van der Waals surface area contributed by atoms with Crippen molar-refractivity contribution in [3.63, 3.8) is 0 Å². The summed E-state index contributed by atoms with van der Waals surface area (Å²) in [4.78, 5) is 23.1. The maximum atomic E-state index is 12.0. The minimum atomic E-state index is -0.635. The topological polar surface area (TPSA) is 111 Å². The number of aliphatic hydroxyl groups excluding tert-OH is 1. The molecule has 0 radical (unpaired) electrons. The largest absolute Gasteiger partial charge is 0.490 e. The van der Waals surface area contributed by atoms with Crippen LogP contribution in [0, 0.1) is 0 Å². The molecule has 2 amide bonds. The lowest BCUT2D eigenvalue weighted by Crippen LogP contribution is -2.42. The molecular formula is C19H29ClN2O5. The first-order chi connectivity index (χ1) is 12.6. The third-order valence-corrected chi connectivity index (χ3v) is 3.98. The second kappa shape index (κ2) is 11.0. The Bertz CT molecular complexity index is 631. The highest BCUT2D eigenvalue weighted by atomic mass is 35.5. The number of aryl methyl sites for hydroxylation is 1. The van der Waals surface area contributed by atoms with Gasteiger partial charge in [0.25, 0.3) is 0 Å². The highest BCUT2D eigenvalue weighted by Gasteiger charge is 2.21. The van der Waals surface area contributed by atoms with E-state index in [2.05, 4.69) is 5.32 Å². The predicted molar refractivity (Wildman–Crippen MR) is 104 cm³/mol. The molecule has 0 heterocycles. The highest BCUT2D eigenvalue weighted by Crippen LogP contribution is 2.29. The molecule has 0 aromatic heterocycles. The van der Waals surface area contributed by atoms with Gasteiger partial charge in [-0.3, -0.25) is 4.79 Å². The van der Waals surface area contributed by atoms with Crippen molar-refractivity contribution in [2.24, 2.45) is 5.73 Å². The third kappa shape index (κ3) is 9.49. The zero-order chi connectivity index (χ0) is 20.4. The summed E-state index contributed by atoms with van der Waals surface area (Å²) in [6.07, 6.45) is 1.06. The number of benzene rings is 1. The van der Waals surface area contributed by atoms with E-state index in [0.29, 0.717) is 30.0 Å². The van der Waals surface area contributed by atoms with Crippen molar-refractivity contribution in [3.8, 4) is 5.75 Å². The van der Waals surface area contributed by atoms with Crippen molar-refractivity contribution in [2.45, 2.75) is 58.1 Å². The van der Waals surface area contributed by atoms with Gasteiger partial charge in [-0.2, -0.15) is 0 Å². The summed E-state index contributed by atoms with van der Waals surface area (Å²) in [6, 6.07) is 4.94. The van der Waals surface area contributed by atoms with Crippen LogP contribution in [0.4, 0.5) is 4.79 Å². The van der Waals surface area contributed by atoms with Crippen molar-refractivity contribution in [1.29, 1.82) is 0 Å². The van der Waals surface area contributed by atoms with Gasteiger partial charge in [-0.05, 0) is 51.7 Å². The molecule has 0 saturated heterocycles. The van der Waals surface area contributed by atoms with Crippen LogP contribution >= 0.6 is 11.6 Å². The van der Waals surface area contributed by atoms with Gasteiger partial charge in [-0.15, -0.1) is 0 Å². The summed E-state index contributed by atoms with van der Waals surface area (Å²) >= 11 is 6.36. The minimum Gasteiger partial charge on any atom is -0.490 e. The first kappa shape index (κ1) is 23.0. The molecule has 1 aromatic carbocycles. The van der Waals surface area contributed by atoms with Crippen LogP contribution in [-0.4, -0.2) is 42.0 Å².